The minimum atomic E-state index is -5.57. The number of phosphoric acid groups is 3. The van der Waals surface area contributed by atoms with E-state index in [0.717, 1.165) is 33.5 Å². The predicted molar refractivity (Wildman–Crippen MR) is 201 cm³/mol. The number of phosphoric ester groups is 3. The number of halogens is 1. The maximum atomic E-state index is 12.7. The third-order valence-electron chi connectivity index (χ3n) is 7.81. The van der Waals surface area contributed by atoms with E-state index in [4.69, 9.17) is 19.5 Å². The molecule has 1 saturated heterocycles. The molecule has 0 saturated carbocycles. The predicted octanol–water partition coefficient (Wildman–Crippen LogP) is 0.741. The molecule has 316 valence electrons. The van der Waals surface area contributed by atoms with Crippen LogP contribution >= 0.6 is 51.2 Å². The molecule has 10 N–H and O–H groups in total. The zero-order valence-corrected chi connectivity index (χ0v) is 34.8. The highest BCUT2D eigenvalue weighted by molar-refractivity contribution is 9.10. The number of hydrogen-bond donors (Lipinski definition) is 9. The van der Waals surface area contributed by atoms with Crippen molar-refractivity contribution in [3.8, 4) is 0 Å². The van der Waals surface area contributed by atoms with Gasteiger partial charge >= 0.3 is 23.5 Å². The molecule has 2 aromatic heterocycles. The van der Waals surface area contributed by atoms with Crippen LogP contribution in [-0.2, 0) is 45.9 Å². The third kappa shape index (κ3) is 13.6. The van der Waals surface area contributed by atoms with Crippen molar-refractivity contribution in [2.45, 2.75) is 50.9 Å². The minimum absolute atomic E-state index is 0.0283. The van der Waals surface area contributed by atoms with Crippen molar-refractivity contribution in [3.05, 3.63) is 47.0 Å². The van der Waals surface area contributed by atoms with Crippen molar-refractivity contribution in [2.75, 3.05) is 37.8 Å². The molecule has 0 spiro atoms. The van der Waals surface area contributed by atoms with Crippen LogP contribution in [0.1, 0.15) is 36.9 Å². The second-order valence-corrected chi connectivity index (χ2v) is 18.9. The van der Waals surface area contributed by atoms with Crippen molar-refractivity contribution in [3.63, 3.8) is 0 Å². The lowest BCUT2D eigenvalue weighted by molar-refractivity contribution is -0.137. The number of aromatic nitrogens is 4. The number of nitrogen functional groups attached to an aromatic ring is 1. The molecule has 29 heteroatoms. The summed E-state index contributed by atoms with van der Waals surface area (Å²) in [5.41, 5.74) is 4.75. The molecule has 7 atom stereocenters. The summed E-state index contributed by atoms with van der Waals surface area (Å²) in [4.78, 5) is 87.9. The number of hydrogen-bond acceptors (Lipinski definition) is 18. The quantitative estimate of drug-likeness (QED) is 0.0557. The summed E-state index contributed by atoms with van der Waals surface area (Å²) in [6, 6.07) is 6.78. The number of imidazole rings is 1. The number of carbonyl (C=O) groups excluding carboxylic acids is 3. The fourth-order valence-electron chi connectivity index (χ4n) is 4.94. The molecule has 3 aromatic rings. The summed E-state index contributed by atoms with van der Waals surface area (Å²) in [5, 5.41) is 26.2. The van der Waals surface area contributed by atoms with E-state index < -0.39 is 84.6 Å². The molecule has 0 aliphatic carbocycles. The lowest BCUT2D eigenvalue weighted by Crippen LogP contribution is -2.46. The molecular formula is C28H39BrN7O17P3S. The van der Waals surface area contributed by atoms with E-state index >= 15 is 0 Å². The number of thioether (sulfide) groups is 1. The molecule has 57 heavy (non-hydrogen) atoms. The summed E-state index contributed by atoms with van der Waals surface area (Å²) in [7, 11) is -16.4. The number of ether oxygens (including phenoxy) is 1. The van der Waals surface area contributed by atoms with Crippen molar-refractivity contribution < 1.29 is 80.5 Å². The van der Waals surface area contributed by atoms with E-state index in [0.29, 0.717) is 11.3 Å². The third-order valence-corrected chi connectivity index (χ3v) is 12.3. The van der Waals surface area contributed by atoms with Gasteiger partial charge in [0.25, 0.3) is 0 Å². The van der Waals surface area contributed by atoms with Crippen LogP contribution in [0, 0.1) is 5.41 Å². The van der Waals surface area contributed by atoms with Gasteiger partial charge in [-0.1, -0.05) is 41.5 Å². The maximum absolute atomic E-state index is 12.7. The highest BCUT2D eigenvalue weighted by Gasteiger charge is 2.50. The van der Waals surface area contributed by atoms with Crippen LogP contribution < -0.4 is 16.4 Å². The number of amides is 2. The Labute approximate surface area is 335 Å². The molecule has 0 radical (unpaired) electrons. The fraction of sp³-hybridized carbons (Fsp3) is 0.500. The molecule has 1 aliphatic heterocycles. The van der Waals surface area contributed by atoms with Gasteiger partial charge in [0.1, 0.15) is 36.3 Å². The van der Waals surface area contributed by atoms with Gasteiger partial charge in [0.2, 0.25) is 16.9 Å². The number of carbonyl (C=O) groups is 3. The Bertz CT molecular complexity index is 2060. The zero-order chi connectivity index (χ0) is 42.3. The maximum Gasteiger partial charge on any atom is 0.481 e. The number of fused-ring (bicyclic) bond motifs is 1. The van der Waals surface area contributed by atoms with E-state index in [1.807, 2.05) is 0 Å². The Morgan fingerprint density at radius 3 is 2.37 bits per heavy atom. The average Bonchev–Trinajstić information content (AvgIpc) is 3.68. The van der Waals surface area contributed by atoms with Gasteiger partial charge in [0.15, 0.2) is 17.7 Å². The standard InChI is InChI=1S/C28H39BrN7O17P3S/c1-28(2,22(39)25(40)32-8-7-18(37)31-9-10-57-27(41)15-3-5-16(29)6-4-15)12-50-56(47,48)53-55(45,46)49-11-17-21(52-54(42,43)44)20(38)26(51-17)36-14-35-19-23(30)33-13-34-24(19)36/h3-6,13-14,17,20-22,26,38-39H,7-12H2,1-2H3,(H,31,37)(H,32,40)(H,45,46)(H,47,48)(H2,30,33,34)(H2,42,43,44)/t17-,20-,21-,22+,26-/m1/s1. The number of aliphatic hydroxyl groups is 2. The first-order valence-electron chi connectivity index (χ1n) is 16.3. The van der Waals surface area contributed by atoms with E-state index in [1.54, 1.807) is 24.3 Å². The number of aliphatic hydroxyl groups excluding tert-OH is 2. The molecule has 2 amide bonds. The largest absolute Gasteiger partial charge is 0.481 e. The van der Waals surface area contributed by atoms with Gasteiger partial charge in [0, 0.05) is 40.7 Å². The average molecular weight is 951 g/mol. The molecule has 1 aromatic carbocycles. The Morgan fingerprint density at radius 1 is 1.04 bits per heavy atom. The van der Waals surface area contributed by atoms with Gasteiger partial charge in [-0.2, -0.15) is 4.31 Å². The molecule has 1 aliphatic rings. The first-order valence-corrected chi connectivity index (χ1v) is 22.6. The first-order chi connectivity index (χ1) is 26.5. The number of benzene rings is 1. The summed E-state index contributed by atoms with van der Waals surface area (Å²) in [6.45, 7) is 0.426. The van der Waals surface area contributed by atoms with Crippen LogP contribution in [0.25, 0.3) is 11.2 Å². The highest BCUT2D eigenvalue weighted by atomic mass is 79.9. The van der Waals surface area contributed by atoms with Gasteiger partial charge in [0.05, 0.1) is 19.5 Å². The van der Waals surface area contributed by atoms with Crippen molar-refractivity contribution in [1.82, 2.24) is 30.2 Å². The van der Waals surface area contributed by atoms with Crippen LogP contribution in [0.2, 0.25) is 0 Å². The molecule has 0 bridgehead atoms. The minimum Gasteiger partial charge on any atom is -0.386 e. The van der Waals surface area contributed by atoms with Crippen molar-refractivity contribution in [2.24, 2.45) is 5.41 Å². The Balaban J connectivity index is 1.23. The SMILES string of the molecule is CC(C)(COP(=O)(O)OP(=O)(O)OC[C@H]1O[C@@H](n2cnc3c(N)ncnc32)[C@H](O)[C@@H]1OP(=O)(O)O)[C@@H](O)C(=O)NCCC(=O)NCCSC(=O)c1ccc(Br)cc1. The first kappa shape index (κ1) is 46.9. The Hall–Kier alpha value is -2.74. The van der Waals surface area contributed by atoms with Gasteiger partial charge in [-0.25, -0.2) is 28.6 Å². The summed E-state index contributed by atoms with van der Waals surface area (Å²) in [5.74, 6) is -1.19. The summed E-state index contributed by atoms with van der Waals surface area (Å²) in [6.07, 6.45) is -6.95. The second-order valence-electron chi connectivity index (χ2n) is 12.7. The molecule has 4 rings (SSSR count). The number of anilines is 1. The molecule has 1 fully saturated rings. The van der Waals surface area contributed by atoms with E-state index in [9.17, 15) is 57.9 Å². The van der Waals surface area contributed by atoms with Crippen molar-refractivity contribution in [1.29, 1.82) is 0 Å². The number of rotatable bonds is 20. The van der Waals surface area contributed by atoms with Crippen LogP contribution in [0.5, 0.6) is 0 Å². The number of nitrogens with two attached hydrogens (primary N) is 1. The fourth-order valence-corrected chi connectivity index (χ4v) is 8.73. The second kappa shape index (κ2) is 19.5. The van der Waals surface area contributed by atoms with E-state index in [-0.39, 0.29) is 41.6 Å². The van der Waals surface area contributed by atoms with Gasteiger partial charge in [-0.15, -0.1) is 0 Å². The van der Waals surface area contributed by atoms with Gasteiger partial charge in [-0.05, 0) is 24.3 Å². The lowest BCUT2D eigenvalue weighted by atomic mass is 9.87. The van der Waals surface area contributed by atoms with Gasteiger partial charge in [-0.3, -0.25) is 32.5 Å². The van der Waals surface area contributed by atoms with E-state index in [1.165, 1.54) is 13.8 Å². The number of nitrogens with zero attached hydrogens (tertiary/aromatic N) is 4. The van der Waals surface area contributed by atoms with Crippen LogP contribution in [0.4, 0.5) is 5.82 Å². The van der Waals surface area contributed by atoms with E-state index in [2.05, 4.69) is 50.3 Å². The zero-order valence-electron chi connectivity index (χ0n) is 29.8. The van der Waals surface area contributed by atoms with Crippen LogP contribution in [0.15, 0.2) is 41.4 Å². The Morgan fingerprint density at radius 2 is 1.70 bits per heavy atom. The number of nitrogens with one attached hydrogen (secondary N) is 2. The highest BCUT2D eigenvalue weighted by Crippen LogP contribution is 2.61. The topological polar surface area (TPSA) is 364 Å². The Kier molecular flexibility index (Phi) is 16.1. The smallest absolute Gasteiger partial charge is 0.386 e. The van der Waals surface area contributed by atoms with Gasteiger partial charge < -0.3 is 50.9 Å². The normalized spacial score (nSPS) is 21.4. The van der Waals surface area contributed by atoms with Crippen molar-refractivity contribution >= 4 is 85.1 Å². The summed E-state index contributed by atoms with van der Waals surface area (Å²) < 4.78 is 62.9. The molecular weight excluding hydrogens is 911 g/mol. The molecule has 2 unspecified atom stereocenters. The summed E-state index contributed by atoms with van der Waals surface area (Å²) >= 11 is 4.30. The monoisotopic (exact) mass is 949 g/mol. The lowest BCUT2D eigenvalue weighted by Gasteiger charge is -2.30. The van der Waals surface area contributed by atoms with Crippen LogP contribution in [-0.4, -0.2) is 123 Å². The molecule has 24 nitrogen and oxygen atoms in total. The molecule has 3 heterocycles. The van der Waals surface area contributed by atoms with Crippen LogP contribution in [0.3, 0.4) is 0 Å².